The number of hydrogen-bond acceptors (Lipinski definition) is 5. The van der Waals surface area contributed by atoms with Crippen LogP contribution in [0.1, 0.15) is 34.1 Å². The van der Waals surface area contributed by atoms with Crippen LogP contribution in [0.3, 0.4) is 0 Å². The van der Waals surface area contributed by atoms with Gasteiger partial charge >= 0.3 is 0 Å². The van der Waals surface area contributed by atoms with Crippen molar-refractivity contribution in [2.75, 3.05) is 5.32 Å². The Kier molecular flexibility index (Phi) is 5.15. The molecule has 0 unspecified atom stereocenters. The Bertz CT molecular complexity index is 1120. The second kappa shape index (κ2) is 8.05. The van der Waals surface area contributed by atoms with E-state index in [0.29, 0.717) is 24.2 Å². The smallest absolute Gasteiger partial charge is 0.259 e. The highest BCUT2D eigenvalue weighted by molar-refractivity contribution is 6.05. The van der Waals surface area contributed by atoms with Gasteiger partial charge in [0.25, 0.3) is 5.91 Å². The van der Waals surface area contributed by atoms with Crippen LogP contribution >= 0.6 is 0 Å². The van der Waals surface area contributed by atoms with Crippen molar-refractivity contribution in [1.82, 2.24) is 30.0 Å². The van der Waals surface area contributed by atoms with Crippen LogP contribution in [0.4, 0.5) is 5.69 Å². The molecule has 0 aliphatic carbocycles. The first-order valence-corrected chi connectivity index (χ1v) is 9.39. The van der Waals surface area contributed by atoms with Gasteiger partial charge in [0.2, 0.25) is 0 Å². The largest absolute Gasteiger partial charge is 0.322 e. The van der Waals surface area contributed by atoms with Crippen molar-refractivity contribution in [2.24, 2.45) is 0 Å². The minimum absolute atomic E-state index is 0.187. The number of aromatic nitrogens is 6. The molecule has 146 valence electrons. The maximum atomic E-state index is 12.9. The van der Waals surface area contributed by atoms with Gasteiger partial charge in [-0.25, -0.2) is 4.68 Å². The van der Waals surface area contributed by atoms with Crippen LogP contribution in [0, 0.1) is 6.92 Å². The quantitative estimate of drug-likeness (QED) is 0.549. The van der Waals surface area contributed by atoms with Crippen molar-refractivity contribution >= 4 is 11.6 Å². The Balaban J connectivity index is 1.57. The third-order valence-electron chi connectivity index (χ3n) is 4.77. The van der Waals surface area contributed by atoms with E-state index in [9.17, 15) is 4.79 Å². The van der Waals surface area contributed by atoms with E-state index >= 15 is 0 Å². The number of carbonyl (C=O) groups excluding carboxylic acids is 1. The Morgan fingerprint density at radius 3 is 2.69 bits per heavy atom. The molecule has 8 heteroatoms. The highest BCUT2D eigenvalue weighted by Gasteiger charge is 2.17. The van der Waals surface area contributed by atoms with Gasteiger partial charge in [-0.05, 0) is 47.0 Å². The molecule has 2 aromatic carbocycles. The van der Waals surface area contributed by atoms with E-state index in [1.165, 1.54) is 6.33 Å². The molecule has 0 atom stereocenters. The summed E-state index contributed by atoms with van der Waals surface area (Å²) in [6.07, 6.45) is 3.86. The molecule has 8 nitrogen and oxygen atoms in total. The van der Waals surface area contributed by atoms with Crippen molar-refractivity contribution in [3.63, 3.8) is 0 Å². The average Bonchev–Trinajstić information content (AvgIpc) is 3.40. The van der Waals surface area contributed by atoms with Crippen molar-refractivity contribution in [2.45, 2.75) is 26.8 Å². The molecule has 4 rings (SSSR count). The summed E-state index contributed by atoms with van der Waals surface area (Å²) in [4.78, 5) is 12.9. The first kappa shape index (κ1) is 18.5. The number of anilines is 1. The van der Waals surface area contributed by atoms with Gasteiger partial charge < -0.3 is 5.32 Å². The topological polar surface area (TPSA) is 90.5 Å². The molecule has 1 amide bonds. The summed E-state index contributed by atoms with van der Waals surface area (Å²) < 4.78 is 3.45. The maximum Gasteiger partial charge on any atom is 0.259 e. The molecule has 29 heavy (non-hydrogen) atoms. The Labute approximate surface area is 168 Å². The van der Waals surface area contributed by atoms with Crippen LogP contribution in [-0.2, 0) is 13.0 Å². The normalized spacial score (nSPS) is 10.8. The van der Waals surface area contributed by atoms with Crippen LogP contribution in [0.25, 0.3) is 5.69 Å². The third-order valence-corrected chi connectivity index (χ3v) is 4.77. The number of benzene rings is 2. The van der Waals surface area contributed by atoms with E-state index in [2.05, 4.69) is 25.9 Å². The van der Waals surface area contributed by atoms with Gasteiger partial charge in [-0.1, -0.05) is 43.3 Å². The van der Waals surface area contributed by atoms with Crippen LogP contribution in [-0.4, -0.2) is 35.9 Å². The van der Waals surface area contributed by atoms with Gasteiger partial charge in [0.05, 0.1) is 29.7 Å². The summed E-state index contributed by atoms with van der Waals surface area (Å²) in [6.45, 7) is 4.62. The molecule has 0 aliphatic heterocycles. The Hall–Kier alpha value is -3.81. The highest BCUT2D eigenvalue weighted by Crippen LogP contribution is 2.20. The lowest BCUT2D eigenvalue weighted by Gasteiger charge is -2.11. The molecular weight excluding hydrogens is 366 g/mol. The molecule has 0 radical (unpaired) electrons. The molecule has 4 aromatic rings. The van der Waals surface area contributed by atoms with E-state index < -0.39 is 0 Å². The molecule has 0 bridgehead atoms. The maximum absolute atomic E-state index is 12.9. The van der Waals surface area contributed by atoms with Crippen LogP contribution in [0.15, 0.2) is 61.1 Å². The van der Waals surface area contributed by atoms with Gasteiger partial charge in [0.15, 0.2) is 0 Å². The number of amides is 1. The monoisotopic (exact) mass is 387 g/mol. The number of hydrogen-bond donors (Lipinski definition) is 1. The fourth-order valence-electron chi connectivity index (χ4n) is 3.27. The predicted octanol–water partition coefficient (Wildman–Crippen LogP) is 3.03. The molecule has 0 aliphatic rings. The van der Waals surface area contributed by atoms with Gasteiger partial charge in [-0.3, -0.25) is 9.48 Å². The van der Waals surface area contributed by atoms with E-state index in [-0.39, 0.29) is 5.91 Å². The summed E-state index contributed by atoms with van der Waals surface area (Å²) in [6, 6.07) is 15.7. The van der Waals surface area contributed by atoms with Crippen LogP contribution in [0.2, 0.25) is 0 Å². The predicted molar refractivity (Wildman–Crippen MR) is 109 cm³/mol. The zero-order valence-electron chi connectivity index (χ0n) is 16.3. The summed E-state index contributed by atoms with van der Waals surface area (Å²) in [7, 11) is 0. The van der Waals surface area contributed by atoms with Gasteiger partial charge in [0, 0.05) is 5.69 Å². The average molecular weight is 387 g/mol. The highest BCUT2D eigenvalue weighted by atomic mass is 16.1. The minimum Gasteiger partial charge on any atom is -0.322 e. The summed E-state index contributed by atoms with van der Waals surface area (Å²) in [5.74, 6) is -0.187. The lowest BCUT2D eigenvalue weighted by Crippen LogP contribution is -2.15. The lowest BCUT2D eigenvalue weighted by molar-refractivity contribution is 0.102. The van der Waals surface area contributed by atoms with E-state index in [1.807, 2.05) is 67.1 Å². The number of tetrazole rings is 1. The molecule has 0 saturated heterocycles. The summed E-state index contributed by atoms with van der Waals surface area (Å²) >= 11 is 0. The first-order valence-electron chi connectivity index (χ1n) is 9.39. The zero-order valence-corrected chi connectivity index (χ0v) is 16.3. The SMILES string of the molecule is CCc1c(C(=O)Nc2ccc(C)c(-n3cnnn3)c2)cnn1Cc1ccccc1. The fourth-order valence-corrected chi connectivity index (χ4v) is 3.27. The second-order valence-corrected chi connectivity index (χ2v) is 6.71. The molecule has 2 heterocycles. The van der Waals surface area contributed by atoms with Crippen molar-refractivity contribution in [1.29, 1.82) is 0 Å². The molecule has 2 aromatic heterocycles. The molecule has 0 fully saturated rings. The van der Waals surface area contributed by atoms with E-state index in [1.54, 1.807) is 10.9 Å². The Morgan fingerprint density at radius 2 is 1.97 bits per heavy atom. The van der Waals surface area contributed by atoms with Gasteiger partial charge in [0.1, 0.15) is 6.33 Å². The zero-order chi connectivity index (χ0) is 20.2. The Morgan fingerprint density at radius 1 is 1.14 bits per heavy atom. The summed E-state index contributed by atoms with van der Waals surface area (Å²) in [5.41, 5.74) is 5.10. The van der Waals surface area contributed by atoms with E-state index in [0.717, 1.165) is 22.5 Å². The molecule has 0 saturated carbocycles. The standard InChI is InChI=1S/C21H21N7O/c1-3-19-18(12-23-27(19)13-16-7-5-4-6-8-16)21(29)24-17-10-9-15(2)20(11-17)28-14-22-25-26-28/h4-12,14H,3,13H2,1-2H3,(H,24,29). The van der Waals surface area contributed by atoms with Crippen LogP contribution in [0.5, 0.6) is 0 Å². The van der Waals surface area contributed by atoms with E-state index in [4.69, 9.17) is 0 Å². The number of carbonyl (C=O) groups is 1. The number of nitrogens with zero attached hydrogens (tertiary/aromatic N) is 6. The first-order chi connectivity index (χ1) is 14.2. The van der Waals surface area contributed by atoms with Crippen LogP contribution < -0.4 is 5.32 Å². The molecular formula is C21H21N7O. The number of nitrogens with one attached hydrogen (secondary N) is 1. The van der Waals surface area contributed by atoms with Crippen molar-refractivity contribution < 1.29 is 4.79 Å². The molecule has 1 N–H and O–H groups in total. The lowest BCUT2D eigenvalue weighted by atomic mass is 10.1. The number of rotatable bonds is 6. The van der Waals surface area contributed by atoms with Crippen molar-refractivity contribution in [3.05, 3.63) is 83.4 Å². The second-order valence-electron chi connectivity index (χ2n) is 6.71. The molecule has 0 spiro atoms. The summed E-state index contributed by atoms with van der Waals surface area (Å²) in [5, 5.41) is 18.7. The fraction of sp³-hybridized carbons (Fsp3) is 0.190. The minimum atomic E-state index is -0.187. The van der Waals surface area contributed by atoms with Gasteiger partial charge in [-0.2, -0.15) is 5.10 Å². The third kappa shape index (κ3) is 3.91. The van der Waals surface area contributed by atoms with Crippen molar-refractivity contribution in [3.8, 4) is 5.69 Å². The van der Waals surface area contributed by atoms with Gasteiger partial charge in [-0.15, -0.1) is 5.10 Å². The number of aryl methyl sites for hydroxylation is 1.